The zero-order valence-electron chi connectivity index (χ0n) is 10.1. The van der Waals surface area contributed by atoms with Crippen LogP contribution in [0.3, 0.4) is 0 Å². The molecule has 18 heavy (non-hydrogen) atoms. The Hall–Kier alpha value is -2.22. The molecule has 1 aliphatic heterocycles. The van der Waals surface area contributed by atoms with E-state index in [4.69, 9.17) is 0 Å². The summed E-state index contributed by atoms with van der Waals surface area (Å²) in [6.45, 7) is 0.890. The Morgan fingerprint density at radius 3 is 2.50 bits per heavy atom. The van der Waals surface area contributed by atoms with Crippen molar-refractivity contribution in [2.75, 3.05) is 6.54 Å². The fourth-order valence-corrected chi connectivity index (χ4v) is 2.18. The smallest absolute Gasteiger partial charge is 0.0679 e. The number of aliphatic imine (C=N–C) groups is 1. The van der Waals surface area contributed by atoms with Gasteiger partial charge >= 0.3 is 0 Å². The van der Waals surface area contributed by atoms with Crippen LogP contribution in [0.2, 0.25) is 0 Å². The van der Waals surface area contributed by atoms with Crippen LogP contribution in [0.4, 0.5) is 0 Å². The molecule has 0 radical (unpaired) electrons. The number of nitrogens with zero attached hydrogens (tertiary/aromatic N) is 2. The highest BCUT2D eigenvalue weighted by Crippen LogP contribution is 2.21. The van der Waals surface area contributed by atoms with E-state index >= 15 is 0 Å². The fourth-order valence-electron chi connectivity index (χ4n) is 2.18. The van der Waals surface area contributed by atoms with Gasteiger partial charge in [0.2, 0.25) is 0 Å². The van der Waals surface area contributed by atoms with Gasteiger partial charge in [0, 0.05) is 18.9 Å². The van der Waals surface area contributed by atoms with Crippen molar-refractivity contribution in [3.05, 3.63) is 71.6 Å². The van der Waals surface area contributed by atoms with Gasteiger partial charge in [-0.25, -0.2) is 0 Å². The van der Waals surface area contributed by atoms with Crippen LogP contribution in [0.15, 0.2) is 65.4 Å². The van der Waals surface area contributed by atoms with E-state index in [1.807, 2.05) is 30.6 Å². The van der Waals surface area contributed by atoms with Crippen molar-refractivity contribution in [2.24, 2.45) is 4.99 Å². The summed E-state index contributed by atoms with van der Waals surface area (Å²) < 4.78 is 0. The number of hydrogen-bond acceptors (Lipinski definition) is 2. The van der Waals surface area contributed by atoms with Crippen molar-refractivity contribution in [3.8, 4) is 0 Å². The van der Waals surface area contributed by atoms with E-state index in [0.717, 1.165) is 18.7 Å². The Balaban J connectivity index is 1.95. The lowest BCUT2D eigenvalue weighted by atomic mass is 10.0. The van der Waals surface area contributed by atoms with Crippen molar-refractivity contribution < 1.29 is 0 Å². The first-order valence-corrected chi connectivity index (χ1v) is 6.14. The minimum Gasteiger partial charge on any atom is -0.284 e. The predicted molar refractivity (Wildman–Crippen MR) is 74.7 cm³/mol. The minimum absolute atomic E-state index is 0.890. The van der Waals surface area contributed by atoms with Crippen molar-refractivity contribution in [1.29, 1.82) is 0 Å². The fraction of sp³-hybridized carbons (Fsp3) is 0.125. The predicted octanol–water partition coefficient (Wildman–Crippen LogP) is 3.36. The number of rotatable bonds is 2. The molecular formula is C16H14N2. The van der Waals surface area contributed by atoms with Gasteiger partial charge < -0.3 is 0 Å². The third-order valence-corrected chi connectivity index (χ3v) is 3.05. The summed E-state index contributed by atoms with van der Waals surface area (Å²) >= 11 is 0. The summed E-state index contributed by atoms with van der Waals surface area (Å²) in [6.07, 6.45) is 6.87. The van der Waals surface area contributed by atoms with Crippen molar-refractivity contribution >= 4 is 11.8 Å². The Bertz CT molecular complexity index is 583. The molecule has 0 amide bonds. The number of benzene rings is 1. The molecule has 0 saturated carbocycles. The van der Waals surface area contributed by atoms with E-state index in [1.54, 1.807) is 0 Å². The molecule has 0 saturated heterocycles. The summed E-state index contributed by atoms with van der Waals surface area (Å²) in [7, 11) is 0. The molecule has 0 aliphatic carbocycles. The molecule has 1 aromatic heterocycles. The third kappa shape index (κ3) is 2.23. The van der Waals surface area contributed by atoms with Gasteiger partial charge in [0.25, 0.3) is 0 Å². The Kier molecular flexibility index (Phi) is 3.01. The topological polar surface area (TPSA) is 25.2 Å². The molecule has 0 spiro atoms. The third-order valence-electron chi connectivity index (χ3n) is 3.05. The van der Waals surface area contributed by atoms with E-state index < -0.39 is 0 Å². The molecule has 0 bridgehead atoms. The molecule has 1 aliphatic rings. The Morgan fingerprint density at radius 1 is 0.944 bits per heavy atom. The zero-order valence-corrected chi connectivity index (χ0v) is 10.1. The minimum atomic E-state index is 0.890. The first-order chi connectivity index (χ1) is 8.93. The molecule has 88 valence electrons. The second kappa shape index (κ2) is 4.96. The first kappa shape index (κ1) is 10.9. The average Bonchev–Trinajstić information content (AvgIpc) is 2.89. The summed E-state index contributed by atoms with van der Waals surface area (Å²) in [4.78, 5) is 8.65. The second-order valence-electron chi connectivity index (χ2n) is 4.30. The van der Waals surface area contributed by atoms with Crippen LogP contribution in [0.5, 0.6) is 0 Å². The SMILES string of the molecule is C(=C1/CCN=C1c1ccccc1)/c1ccncc1. The van der Waals surface area contributed by atoms with Gasteiger partial charge in [0.1, 0.15) is 0 Å². The number of aromatic nitrogens is 1. The summed E-state index contributed by atoms with van der Waals surface area (Å²) in [5.74, 6) is 0. The Morgan fingerprint density at radius 2 is 1.72 bits per heavy atom. The molecule has 1 aromatic carbocycles. The molecule has 2 nitrogen and oxygen atoms in total. The highest BCUT2D eigenvalue weighted by molar-refractivity contribution is 6.16. The summed E-state index contributed by atoms with van der Waals surface area (Å²) in [5.41, 5.74) is 4.83. The van der Waals surface area contributed by atoms with Crippen molar-refractivity contribution in [1.82, 2.24) is 4.98 Å². The van der Waals surface area contributed by atoms with Gasteiger partial charge in [0.05, 0.1) is 5.71 Å². The van der Waals surface area contributed by atoms with E-state index in [0.29, 0.717) is 0 Å². The van der Waals surface area contributed by atoms with Gasteiger partial charge in [-0.3, -0.25) is 9.98 Å². The molecule has 0 N–H and O–H groups in total. The van der Waals surface area contributed by atoms with Crippen LogP contribution in [0, 0.1) is 0 Å². The molecule has 0 unspecified atom stereocenters. The average molecular weight is 234 g/mol. The van der Waals surface area contributed by atoms with Crippen LogP contribution < -0.4 is 0 Å². The molecule has 3 rings (SSSR count). The number of hydrogen-bond donors (Lipinski definition) is 0. The molecule has 0 atom stereocenters. The largest absolute Gasteiger partial charge is 0.284 e. The molecule has 2 heterocycles. The van der Waals surface area contributed by atoms with Crippen LogP contribution in [-0.2, 0) is 0 Å². The standard InChI is InChI=1S/C16H14N2/c1-2-4-14(5-3-1)16-15(8-11-18-16)12-13-6-9-17-10-7-13/h1-7,9-10,12H,8,11H2/b15-12+. The van der Waals surface area contributed by atoms with Gasteiger partial charge in [0.15, 0.2) is 0 Å². The van der Waals surface area contributed by atoms with Crippen LogP contribution >= 0.6 is 0 Å². The van der Waals surface area contributed by atoms with Gasteiger partial charge in [-0.15, -0.1) is 0 Å². The lowest BCUT2D eigenvalue weighted by molar-refractivity contribution is 1.05. The molecular weight excluding hydrogens is 220 g/mol. The van der Waals surface area contributed by atoms with E-state index in [9.17, 15) is 0 Å². The summed E-state index contributed by atoms with van der Waals surface area (Å²) in [5, 5.41) is 0. The maximum absolute atomic E-state index is 4.62. The second-order valence-corrected chi connectivity index (χ2v) is 4.30. The molecule has 2 heteroatoms. The van der Waals surface area contributed by atoms with Crippen molar-refractivity contribution in [3.63, 3.8) is 0 Å². The van der Waals surface area contributed by atoms with Gasteiger partial charge in [-0.05, 0) is 41.3 Å². The monoisotopic (exact) mass is 234 g/mol. The van der Waals surface area contributed by atoms with Gasteiger partial charge in [-0.2, -0.15) is 0 Å². The normalized spacial score (nSPS) is 16.9. The van der Waals surface area contributed by atoms with E-state index in [2.05, 4.69) is 40.3 Å². The summed E-state index contributed by atoms with van der Waals surface area (Å²) in [6, 6.07) is 14.4. The maximum atomic E-state index is 4.62. The van der Waals surface area contributed by atoms with E-state index in [-0.39, 0.29) is 0 Å². The molecule has 2 aromatic rings. The lowest BCUT2D eigenvalue weighted by Gasteiger charge is -2.04. The highest BCUT2D eigenvalue weighted by Gasteiger charge is 2.14. The lowest BCUT2D eigenvalue weighted by Crippen LogP contribution is -1.99. The quantitative estimate of drug-likeness (QED) is 0.782. The number of pyridine rings is 1. The molecule has 0 fully saturated rings. The highest BCUT2D eigenvalue weighted by atomic mass is 14.8. The maximum Gasteiger partial charge on any atom is 0.0679 e. The van der Waals surface area contributed by atoms with Crippen LogP contribution in [-0.4, -0.2) is 17.2 Å². The first-order valence-electron chi connectivity index (χ1n) is 6.14. The zero-order chi connectivity index (χ0) is 12.2. The van der Waals surface area contributed by atoms with Crippen LogP contribution in [0.25, 0.3) is 6.08 Å². The van der Waals surface area contributed by atoms with Crippen LogP contribution in [0.1, 0.15) is 17.5 Å². The Labute approximate surface area is 107 Å². The van der Waals surface area contributed by atoms with Crippen molar-refractivity contribution in [2.45, 2.75) is 6.42 Å². The van der Waals surface area contributed by atoms with E-state index in [1.165, 1.54) is 16.7 Å². The van der Waals surface area contributed by atoms with Gasteiger partial charge in [-0.1, -0.05) is 30.3 Å².